The molecule has 27 heavy (non-hydrogen) atoms. The monoisotopic (exact) mass is 381 g/mol. The van der Waals surface area contributed by atoms with Crippen LogP contribution in [0.4, 0.5) is 0 Å². The molecular weight excluding hydrogens is 352 g/mol. The zero-order chi connectivity index (χ0) is 18.5. The van der Waals surface area contributed by atoms with Gasteiger partial charge in [-0.05, 0) is 48.1 Å². The Kier molecular flexibility index (Phi) is 6.15. The average Bonchev–Trinajstić information content (AvgIpc) is 3.37. The number of likely N-dealkylation sites (tertiary alicyclic amines) is 1. The second-order valence-corrected chi connectivity index (χ2v) is 8.80. The zero-order valence-electron chi connectivity index (χ0n) is 15.9. The van der Waals surface area contributed by atoms with Gasteiger partial charge in [0.2, 0.25) is 5.91 Å². The number of carbonyl (C=O) groups excluding carboxylic acids is 1. The van der Waals surface area contributed by atoms with Crippen LogP contribution in [0.25, 0.3) is 0 Å². The van der Waals surface area contributed by atoms with Crippen LogP contribution in [0.5, 0.6) is 0 Å². The van der Waals surface area contributed by atoms with Gasteiger partial charge in [-0.15, -0.1) is 11.8 Å². The van der Waals surface area contributed by atoms with Crippen molar-refractivity contribution >= 4 is 17.7 Å². The van der Waals surface area contributed by atoms with E-state index in [1.54, 1.807) is 16.7 Å². The topological polar surface area (TPSA) is 33.5 Å². The number of thioether (sulfide) groups is 1. The SMILES string of the molecule is O=C(CSc1ccc2c(c1)CCC2)NCc1ccccc1C[NH+]1CCCC1. The van der Waals surface area contributed by atoms with E-state index in [0.717, 1.165) is 6.54 Å². The van der Waals surface area contributed by atoms with E-state index in [9.17, 15) is 4.79 Å². The summed E-state index contributed by atoms with van der Waals surface area (Å²) in [5.41, 5.74) is 5.59. The largest absolute Gasteiger partial charge is 0.351 e. The number of rotatable bonds is 7. The fourth-order valence-electron chi connectivity index (χ4n) is 4.26. The third kappa shape index (κ3) is 4.94. The first-order valence-corrected chi connectivity index (χ1v) is 11.2. The summed E-state index contributed by atoms with van der Waals surface area (Å²) in [4.78, 5) is 15.2. The van der Waals surface area contributed by atoms with Crippen LogP contribution in [0.1, 0.15) is 41.5 Å². The van der Waals surface area contributed by atoms with Crippen LogP contribution in [0, 0.1) is 0 Å². The molecule has 0 spiro atoms. The van der Waals surface area contributed by atoms with Gasteiger partial charge in [-0.1, -0.05) is 30.3 Å². The Hall–Kier alpha value is -1.78. The Labute approximate surface area is 166 Å². The van der Waals surface area contributed by atoms with Gasteiger partial charge in [0.05, 0.1) is 18.8 Å². The molecule has 2 aromatic carbocycles. The first-order chi connectivity index (χ1) is 13.3. The quantitative estimate of drug-likeness (QED) is 0.723. The molecule has 2 N–H and O–H groups in total. The highest BCUT2D eigenvalue weighted by atomic mass is 32.2. The van der Waals surface area contributed by atoms with E-state index in [2.05, 4.69) is 47.8 Å². The van der Waals surface area contributed by atoms with E-state index in [0.29, 0.717) is 12.3 Å². The standard InChI is InChI=1S/C23H28N2OS/c26-23(17-27-22-11-10-18-8-5-9-19(18)14-22)24-15-20-6-1-2-7-21(20)16-25-12-3-4-13-25/h1-2,6-7,10-11,14H,3-5,8-9,12-13,15-17H2,(H,24,26)/p+1. The number of fused-ring (bicyclic) bond motifs is 1. The van der Waals surface area contributed by atoms with Crippen LogP contribution >= 0.6 is 11.8 Å². The highest BCUT2D eigenvalue weighted by Crippen LogP contribution is 2.27. The molecule has 0 radical (unpaired) electrons. The van der Waals surface area contributed by atoms with Gasteiger partial charge < -0.3 is 10.2 Å². The molecular formula is C23H29N2OS+. The van der Waals surface area contributed by atoms with Gasteiger partial charge in [0.1, 0.15) is 6.54 Å². The van der Waals surface area contributed by atoms with Gasteiger partial charge in [0, 0.05) is 29.8 Å². The number of quaternary nitrogens is 1. The number of hydrogen-bond donors (Lipinski definition) is 2. The lowest BCUT2D eigenvalue weighted by molar-refractivity contribution is -0.901. The molecule has 4 heteroatoms. The Morgan fingerprint density at radius 2 is 1.74 bits per heavy atom. The fourth-order valence-corrected chi connectivity index (χ4v) is 5.04. The van der Waals surface area contributed by atoms with Crippen LogP contribution in [0.3, 0.4) is 0 Å². The lowest BCUT2D eigenvalue weighted by Crippen LogP contribution is -3.08. The molecule has 0 saturated carbocycles. The lowest BCUT2D eigenvalue weighted by Gasteiger charge is -2.15. The highest BCUT2D eigenvalue weighted by molar-refractivity contribution is 8.00. The molecule has 2 aliphatic rings. The predicted octanol–water partition coefficient (Wildman–Crippen LogP) is 2.76. The number of hydrogen-bond acceptors (Lipinski definition) is 2. The summed E-state index contributed by atoms with van der Waals surface area (Å²) in [6.45, 7) is 4.26. The lowest BCUT2D eigenvalue weighted by atomic mass is 10.1. The molecule has 0 aromatic heterocycles. The molecule has 3 nitrogen and oxygen atoms in total. The molecule has 0 unspecified atom stereocenters. The van der Waals surface area contributed by atoms with Gasteiger partial charge in [0.25, 0.3) is 0 Å². The third-order valence-corrected chi connectivity index (χ3v) is 6.78. The summed E-state index contributed by atoms with van der Waals surface area (Å²) in [5.74, 6) is 0.599. The van der Waals surface area contributed by atoms with Gasteiger partial charge in [-0.3, -0.25) is 4.79 Å². The molecule has 4 rings (SSSR count). The third-order valence-electron chi connectivity index (χ3n) is 5.79. The molecule has 1 aliphatic carbocycles. The predicted molar refractivity (Wildman–Crippen MR) is 111 cm³/mol. The molecule has 0 bridgehead atoms. The summed E-state index contributed by atoms with van der Waals surface area (Å²) in [7, 11) is 0. The zero-order valence-corrected chi connectivity index (χ0v) is 16.7. The van der Waals surface area contributed by atoms with Gasteiger partial charge in [0.15, 0.2) is 0 Å². The summed E-state index contributed by atoms with van der Waals surface area (Å²) in [5, 5.41) is 3.12. The molecule has 1 fully saturated rings. The summed E-state index contributed by atoms with van der Waals surface area (Å²) < 4.78 is 0. The summed E-state index contributed by atoms with van der Waals surface area (Å²) in [6.07, 6.45) is 6.34. The van der Waals surface area contributed by atoms with Crippen LogP contribution in [-0.4, -0.2) is 24.7 Å². The maximum atomic E-state index is 12.3. The van der Waals surface area contributed by atoms with Gasteiger partial charge >= 0.3 is 0 Å². The van der Waals surface area contributed by atoms with Crippen molar-refractivity contribution in [2.45, 2.75) is 50.1 Å². The fraction of sp³-hybridized carbons (Fsp3) is 0.435. The number of benzene rings is 2. The molecule has 0 atom stereocenters. The second-order valence-electron chi connectivity index (χ2n) is 7.75. The number of aryl methyl sites for hydroxylation is 2. The van der Waals surface area contributed by atoms with Crippen LogP contribution in [-0.2, 0) is 30.7 Å². The number of nitrogens with one attached hydrogen (secondary N) is 2. The first kappa shape index (κ1) is 18.6. The normalized spacial score (nSPS) is 16.4. The minimum atomic E-state index is 0.115. The van der Waals surface area contributed by atoms with Crippen molar-refractivity contribution in [3.05, 3.63) is 64.7 Å². The van der Waals surface area contributed by atoms with Crippen molar-refractivity contribution in [2.75, 3.05) is 18.8 Å². The van der Waals surface area contributed by atoms with Crippen molar-refractivity contribution in [2.24, 2.45) is 0 Å². The minimum Gasteiger partial charge on any atom is -0.351 e. The maximum absolute atomic E-state index is 12.3. The van der Waals surface area contributed by atoms with Crippen molar-refractivity contribution in [1.82, 2.24) is 5.32 Å². The van der Waals surface area contributed by atoms with E-state index in [-0.39, 0.29) is 5.91 Å². The van der Waals surface area contributed by atoms with Gasteiger partial charge in [-0.2, -0.15) is 0 Å². The first-order valence-electron chi connectivity index (χ1n) is 10.2. The summed E-state index contributed by atoms with van der Waals surface area (Å²) >= 11 is 1.64. The van der Waals surface area contributed by atoms with Gasteiger partial charge in [-0.25, -0.2) is 0 Å². The Morgan fingerprint density at radius 1 is 0.963 bits per heavy atom. The number of carbonyl (C=O) groups is 1. The molecule has 1 amide bonds. The molecule has 142 valence electrons. The van der Waals surface area contributed by atoms with E-state index in [4.69, 9.17) is 0 Å². The molecule has 1 heterocycles. The molecule has 1 saturated heterocycles. The smallest absolute Gasteiger partial charge is 0.230 e. The molecule has 2 aromatic rings. The highest BCUT2D eigenvalue weighted by Gasteiger charge is 2.17. The van der Waals surface area contributed by atoms with E-state index < -0.39 is 0 Å². The van der Waals surface area contributed by atoms with Crippen molar-refractivity contribution in [3.8, 4) is 0 Å². The van der Waals surface area contributed by atoms with E-state index in [1.165, 1.54) is 72.3 Å². The average molecular weight is 382 g/mol. The maximum Gasteiger partial charge on any atom is 0.230 e. The minimum absolute atomic E-state index is 0.115. The Morgan fingerprint density at radius 3 is 2.59 bits per heavy atom. The van der Waals surface area contributed by atoms with Crippen molar-refractivity contribution in [3.63, 3.8) is 0 Å². The van der Waals surface area contributed by atoms with Crippen LogP contribution in [0.15, 0.2) is 47.4 Å². The van der Waals surface area contributed by atoms with E-state index in [1.807, 2.05) is 0 Å². The van der Waals surface area contributed by atoms with Crippen molar-refractivity contribution in [1.29, 1.82) is 0 Å². The number of amides is 1. The second kappa shape index (κ2) is 8.94. The summed E-state index contributed by atoms with van der Waals surface area (Å²) in [6, 6.07) is 15.2. The Balaban J connectivity index is 1.28. The van der Waals surface area contributed by atoms with E-state index >= 15 is 0 Å². The Bertz CT molecular complexity index is 799. The van der Waals surface area contributed by atoms with Crippen LogP contribution < -0.4 is 10.2 Å². The van der Waals surface area contributed by atoms with Crippen LogP contribution in [0.2, 0.25) is 0 Å². The van der Waals surface area contributed by atoms with Crippen molar-refractivity contribution < 1.29 is 9.69 Å². The molecule has 1 aliphatic heterocycles.